The van der Waals surface area contributed by atoms with Gasteiger partial charge in [0.2, 0.25) is 18.0 Å². The zero-order valence-electron chi connectivity index (χ0n) is 20.2. The Morgan fingerprint density at radius 1 is 0.974 bits per heavy atom. The van der Waals surface area contributed by atoms with Gasteiger partial charge < -0.3 is 28.1 Å². The molecule has 4 aromatic rings. The van der Waals surface area contributed by atoms with Crippen LogP contribution in [0, 0.1) is 11.3 Å². The highest BCUT2D eigenvalue weighted by atomic mass is 16.7. The van der Waals surface area contributed by atoms with Crippen molar-refractivity contribution in [3.05, 3.63) is 75.9 Å². The molecule has 190 valence electrons. The molecular formula is C28H19NO9. The molecule has 0 bridgehead atoms. The second-order valence-electron chi connectivity index (χ2n) is 8.24. The fourth-order valence-corrected chi connectivity index (χ4v) is 3.92. The zero-order chi connectivity index (χ0) is 26.8. The third kappa shape index (κ3) is 4.85. The predicted molar refractivity (Wildman–Crippen MR) is 132 cm³/mol. The van der Waals surface area contributed by atoms with E-state index in [2.05, 4.69) is 6.07 Å². The summed E-state index contributed by atoms with van der Waals surface area (Å²) in [5, 5.41) is 9.02. The molecule has 2 heterocycles. The van der Waals surface area contributed by atoms with Gasteiger partial charge in [0, 0.05) is 31.5 Å². The van der Waals surface area contributed by atoms with E-state index in [1.807, 2.05) is 0 Å². The molecule has 10 heteroatoms. The SMILES string of the molecule is CC(=O)Oc1c(-c2ccc3c(c2)OCO3)oc2cc(OCc3cccc(C#N)c3)cc(OC(C)=O)c2c1=O. The first-order valence-electron chi connectivity index (χ1n) is 11.4. The summed E-state index contributed by atoms with van der Waals surface area (Å²) >= 11 is 0. The van der Waals surface area contributed by atoms with Crippen LogP contribution in [0.3, 0.4) is 0 Å². The molecule has 1 aliphatic rings. The van der Waals surface area contributed by atoms with E-state index < -0.39 is 17.4 Å². The van der Waals surface area contributed by atoms with Crippen LogP contribution in [0.2, 0.25) is 0 Å². The molecular weight excluding hydrogens is 494 g/mol. The summed E-state index contributed by atoms with van der Waals surface area (Å²) in [6.45, 7) is 2.47. The van der Waals surface area contributed by atoms with Gasteiger partial charge in [-0.3, -0.25) is 14.4 Å². The molecule has 0 atom stereocenters. The normalized spacial score (nSPS) is 11.6. The van der Waals surface area contributed by atoms with Gasteiger partial charge >= 0.3 is 11.9 Å². The topological polar surface area (TPSA) is 134 Å². The lowest BCUT2D eigenvalue weighted by atomic mass is 10.1. The summed E-state index contributed by atoms with van der Waals surface area (Å²) in [5.74, 6) is -0.796. The molecule has 38 heavy (non-hydrogen) atoms. The molecule has 0 amide bonds. The minimum atomic E-state index is -0.743. The Hall–Kier alpha value is -5.30. The van der Waals surface area contributed by atoms with E-state index in [1.54, 1.807) is 42.5 Å². The Bertz CT molecular complexity index is 1700. The molecule has 1 aliphatic heterocycles. The Morgan fingerprint density at radius 3 is 2.53 bits per heavy atom. The van der Waals surface area contributed by atoms with Crippen molar-refractivity contribution in [3.8, 4) is 46.1 Å². The Labute approximate surface area is 215 Å². The Balaban J connectivity index is 1.66. The van der Waals surface area contributed by atoms with E-state index in [0.717, 1.165) is 12.5 Å². The Morgan fingerprint density at radius 2 is 1.76 bits per heavy atom. The van der Waals surface area contributed by atoms with Gasteiger partial charge in [-0.15, -0.1) is 0 Å². The van der Waals surface area contributed by atoms with Gasteiger partial charge in [0.15, 0.2) is 17.3 Å². The van der Waals surface area contributed by atoms with Crippen molar-refractivity contribution in [1.82, 2.24) is 0 Å². The molecule has 0 fully saturated rings. The summed E-state index contributed by atoms with van der Waals surface area (Å²) in [7, 11) is 0. The molecule has 3 aromatic carbocycles. The molecule has 0 unspecified atom stereocenters. The number of nitrogens with zero attached hydrogens (tertiary/aromatic N) is 1. The van der Waals surface area contributed by atoms with Crippen LogP contribution in [-0.4, -0.2) is 18.7 Å². The van der Waals surface area contributed by atoms with Gasteiger partial charge in [0.05, 0.1) is 11.6 Å². The molecule has 1 aromatic heterocycles. The van der Waals surface area contributed by atoms with E-state index in [4.69, 9.17) is 33.4 Å². The van der Waals surface area contributed by atoms with Crippen LogP contribution in [-0.2, 0) is 16.2 Å². The molecule has 0 spiro atoms. The molecule has 10 nitrogen and oxygen atoms in total. The monoisotopic (exact) mass is 513 g/mol. The summed E-state index contributed by atoms with van der Waals surface area (Å²) < 4.78 is 33.3. The fourth-order valence-electron chi connectivity index (χ4n) is 3.92. The zero-order valence-corrected chi connectivity index (χ0v) is 20.2. The summed E-state index contributed by atoms with van der Waals surface area (Å²) in [6.07, 6.45) is 0. The maximum atomic E-state index is 13.6. The van der Waals surface area contributed by atoms with Crippen molar-refractivity contribution in [3.63, 3.8) is 0 Å². The van der Waals surface area contributed by atoms with Crippen molar-refractivity contribution in [2.75, 3.05) is 6.79 Å². The van der Waals surface area contributed by atoms with Crippen LogP contribution in [0.5, 0.6) is 28.7 Å². The maximum Gasteiger partial charge on any atom is 0.308 e. The van der Waals surface area contributed by atoms with Crippen LogP contribution in [0.15, 0.2) is 63.8 Å². The van der Waals surface area contributed by atoms with Crippen molar-refractivity contribution in [2.24, 2.45) is 0 Å². The lowest BCUT2D eigenvalue weighted by Gasteiger charge is -2.14. The molecule has 0 saturated carbocycles. The number of nitriles is 1. The van der Waals surface area contributed by atoms with Gasteiger partial charge in [0.25, 0.3) is 0 Å². The van der Waals surface area contributed by atoms with Gasteiger partial charge in [0.1, 0.15) is 29.1 Å². The molecule has 0 radical (unpaired) electrons. The second kappa shape index (κ2) is 9.99. The number of fused-ring (bicyclic) bond motifs is 2. The average Bonchev–Trinajstić information content (AvgIpc) is 3.36. The smallest absolute Gasteiger partial charge is 0.308 e. The first-order chi connectivity index (χ1) is 18.3. The van der Waals surface area contributed by atoms with Gasteiger partial charge in [-0.05, 0) is 35.9 Å². The standard InChI is InChI=1S/C28H19NO9/c1-15(30)36-23-10-20(33-13-18-5-3-4-17(8-18)12-29)11-24-25(23)26(32)28(37-16(2)31)27(38-24)19-6-7-21-22(9-19)35-14-34-21/h3-11H,13-14H2,1-2H3. The average molecular weight is 513 g/mol. The molecule has 0 saturated heterocycles. The van der Waals surface area contributed by atoms with E-state index in [9.17, 15) is 14.4 Å². The number of ether oxygens (including phenoxy) is 5. The van der Waals surface area contributed by atoms with Crippen LogP contribution >= 0.6 is 0 Å². The number of carbonyl (C=O) groups is 2. The van der Waals surface area contributed by atoms with Gasteiger partial charge in [-0.25, -0.2) is 0 Å². The third-order valence-electron chi connectivity index (χ3n) is 5.49. The number of esters is 2. The quantitative estimate of drug-likeness (QED) is 0.268. The number of carbonyl (C=O) groups excluding carboxylic acids is 2. The number of benzene rings is 3. The van der Waals surface area contributed by atoms with E-state index in [0.29, 0.717) is 22.6 Å². The number of rotatable bonds is 6. The van der Waals surface area contributed by atoms with Crippen molar-refractivity contribution in [2.45, 2.75) is 20.5 Å². The highest BCUT2D eigenvalue weighted by Crippen LogP contribution is 2.41. The lowest BCUT2D eigenvalue weighted by Crippen LogP contribution is -2.15. The third-order valence-corrected chi connectivity index (χ3v) is 5.49. The van der Waals surface area contributed by atoms with Crippen molar-refractivity contribution < 1.29 is 37.7 Å². The minimum absolute atomic E-state index is 0.0260. The van der Waals surface area contributed by atoms with Crippen LogP contribution in [0.25, 0.3) is 22.3 Å². The Kier molecular flexibility index (Phi) is 6.41. The summed E-state index contributed by atoms with van der Waals surface area (Å²) in [4.78, 5) is 37.3. The second-order valence-corrected chi connectivity index (χ2v) is 8.24. The molecule has 0 N–H and O–H groups in total. The van der Waals surface area contributed by atoms with Crippen molar-refractivity contribution in [1.29, 1.82) is 5.26 Å². The van der Waals surface area contributed by atoms with Crippen LogP contribution in [0.4, 0.5) is 0 Å². The minimum Gasteiger partial charge on any atom is -0.489 e. The summed E-state index contributed by atoms with van der Waals surface area (Å²) in [5.41, 5.74) is 0.892. The first kappa shape index (κ1) is 24.4. The molecule has 0 aliphatic carbocycles. The highest BCUT2D eigenvalue weighted by molar-refractivity contribution is 5.91. The fraction of sp³-hybridized carbons (Fsp3) is 0.143. The van der Waals surface area contributed by atoms with Gasteiger partial charge in [-0.1, -0.05) is 12.1 Å². The summed E-state index contributed by atoms with van der Waals surface area (Å²) in [6, 6.07) is 16.6. The first-order valence-corrected chi connectivity index (χ1v) is 11.4. The highest BCUT2D eigenvalue weighted by Gasteiger charge is 2.25. The maximum absolute atomic E-state index is 13.6. The van der Waals surface area contributed by atoms with Gasteiger partial charge in [-0.2, -0.15) is 5.26 Å². The van der Waals surface area contributed by atoms with E-state index in [1.165, 1.54) is 19.1 Å². The van der Waals surface area contributed by atoms with E-state index in [-0.39, 0.29) is 47.4 Å². The van der Waals surface area contributed by atoms with Crippen molar-refractivity contribution >= 4 is 22.9 Å². The van der Waals surface area contributed by atoms with E-state index >= 15 is 0 Å². The number of hydrogen-bond donors (Lipinski definition) is 0. The van der Waals surface area contributed by atoms with Crippen LogP contribution < -0.4 is 29.1 Å². The largest absolute Gasteiger partial charge is 0.489 e. The lowest BCUT2D eigenvalue weighted by molar-refractivity contribution is -0.133. The molecule has 5 rings (SSSR count). The predicted octanol–water partition coefficient (Wildman–Crippen LogP) is 4.49. The number of hydrogen-bond acceptors (Lipinski definition) is 10. The van der Waals surface area contributed by atoms with Crippen LogP contribution in [0.1, 0.15) is 25.0 Å².